The maximum Gasteiger partial charge on any atom is 0.191 e. The second-order valence-electron chi connectivity index (χ2n) is 7.04. The van der Waals surface area contributed by atoms with E-state index in [0.29, 0.717) is 57.5 Å². The Kier molecular flexibility index (Phi) is 11.2. The Morgan fingerprint density at radius 2 is 2.03 bits per heavy atom. The van der Waals surface area contributed by atoms with Crippen molar-refractivity contribution >= 4 is 45.5 Å². The van der Waals surface area contributed by atoms with E-state index in [0.717, 1.165) is 5.56 Å². The molecule has 1 fully saturated rings. The normalized spacial score (nSPS) is 16.1. The molecule has 7 nitrogen and oxygen atoms in total. The van der Waals surface area contributed by atoms with Crippen LogP contribution in [0, 0.1) is 5.82 Å². The monoisotopic (exact) mass is 542 g/mol. The minimum atomic E-state index is -2.99. The lowest BCUT2D eigenvalue weighted by Gasteiger charge is -2.29. The molecule has 0 aliphatic carbocycles. The molecule has 29 heavy (non-hydrogen) atoms. The fourth-order valence-electron chi connectivity index (χ4n) is 2.90. The van der Waals surface area contributed by atoms with E-state index in [1.54, 1.807) is 6.07 Å². The zero-order valence-electron chi connectivity index (χ0n) is 17.3. The van der Waals surface area contributed by atoms with Crippen molar-refractivity contribution < 1.29 is 17.5 Å². The average Bonchev–Trinajstić information content (AvgIpc) is 2.65. The van der Waals surface area contributed by atoms with Gasteiger partial charge < -0.3 is 20.3 Å². The standard InChI is InChI=1S/C19H31FN4O3S.HI/c1-4-21-19(23-15(2)7-12-28(3,25)26)22-14-16-5-6-18(17(20)13-16)24-8-10-27-11-9-24;/h5-6,13,15H,4,7-12,14H2,1-3H3,(H2,21,22,23);1H. The highest BCUT2D eigenvalue weighted by atomic mass is 127. The smallest absolute Gasteiger partial charge is 0.191 e. The molecule has 2 rings (SSSR count). The first-order chi connectivity index (χ1) is 13.3. The molecule has 0 radical (unpaired) electrons. The Balaban J connectivity index is 0.00000420. The topological polar surface area (TPSA) is 83.0 Å². The quantitative estimate of drug-likeness (QED) is 0.298. The SMILES string of the molecule is CCNC(=NCc1ccc(N2CCOCC2)c(F)c1)NC(C)CCS(C)(=O)=O.I. The van der Waals surface area contributed by atoms with Gasteiger partial charge in [-0.1, -0.05) is 6.07 Å². The molecular weight excluding hydrogens is 510 g/mol. The number of morpholine rings is 1. The number of nitrogens with zero attached hydrogens (tertiary/aromatic N) is 2. The predicted octanol–water partition coefficient (Wildman–Crippen LogP) is 2.16. The largest absolute Gasteiger partial charge is 0.378 e. The molecule has 1 unspecified atom stereocenters. The third kappa shape index (κ3) is 9.47. The van der Waals surface area contributed by atoms with Crippen LogP contribution in [0.2, 0.25) is 0 Å². The van der Waals surface area contributed by atoms with E-state index in [2.05, 4.69) is 15.6 Å². The van der Waals surface area contributed by atoms with Crippen LogP contribution in [0.1, 0.15) is 25.8 Å². The van der Waals surface area contributed by atoms with Gasteiger partial charge in [0.15, 0.2) is 5.96 Å². The van der Waals surface area contributed by atoms with Crippen LogP contribution in [0.15, 0.2) is 23.2 Å². The summed E-state index contributed by atoms with van der Waals surface area (Å²) < 4.78 is 42.4. The summed E-state index contributed by atoms with van der Waals surface area (Å²) in [4.78, 5) is 6.48. The van der Waals surface area contributed by atoms with Crippen molar-refractivity contribution in [3.63, 3.8) is 0 Å². The van der Waals surface area contributed by atoms with Crippen LogP contribution in [0.4, 0.5) is 10.1 Å². The van der Waals surface area contributed by atoms with Crippen LogP contribution in [0.5, 0.6) is 0 Å². The Hall–Kier alpha value is -1.14. The summed E-state index contributed by atoms with van der Waals surface area (Å²) in [5, 5.41) is 6.33. The first-order valence-corrected chi connectivity index (χ1v) is 11.7. The summed E-state index contributed by atoms with van der Waals surface area (Å²) in [5.41, 5.74) is 1.37. The number of hydrogen-bond acceptors (Lipinski definition) is 5. The van der Waals surface area contributed by atoms with Crippen molar-refractivity contribution in [3.05, 3.63) is 29.6 Å². The Morgan fingerprint density at radius 1 is 1.34 bits per heavy atom. The first-order valence-electron chi connectivity index (χ1n) is 9.62. The van der Waals surface area contributed by atoms with Crippen molar-refractivity contribution in [1.82, 2.24) is 10.6 Å². The molecule has 1 aromatic carbocycles. The van der Waals surface area contributed by atoms with Crippen molar-refractivity contribution in [1.29, 1.82) is 0 Å². The van der Waals surface area contributed by atoms with Gasteiger partial charge in [-0.2, -0.15) is 0 Å². The van der Waals surface area contributed by atoms with Gasteiger partial charge in [0, 0.05) is 31.9 Å². The van der Waals surface area contributed by atoms with Crippen LogP contribution in [0.3, 0.4) is 0 Å². The van der Waals surface area contributed by atoms with Gasteiger partial charge in [0.1, 0.15) is 15.7 Å². The zero-order chi connectivity index (χ0) is 20.6. The lowest BCUT2D eigenvalue weighted by atomic mass is 10.1. The molecule has 0 aromatic heterocycles. The van der Waals surface area contributed by atoms with E-state index in [1.165, 1.54) is 12.3 Å². The molecule has 0 bridgehead atoms. The van der Waals surface area contributed by atoms with Crippen molar-refractivity contribution in [3.8, 4) is 0 Å². The summed E-state index contributed by atoms with van der Waals surface area (Å²) in [5.74, 6) is 0.449. The molecule has 0 amide bonds. The third-order valence-electron chi connectivity index (χ3n) is 4.43. The van der Waals surface area contributed by atoms with Gasteiger partial charge >= 0.3 is 0 Å². The Morgan fingerprint density at radius 3 is 2.62 bits per heavy atom. The number of rotatable bonds is 8. The van der Waals surface area contributed by atoms with Gasteiger partial charge in [0.05, 0.1) is 31.2 Å². The number of ether oxygens (including phenoxy) is 1. The van der Waals surface area contributed by atoms with Crippen LogP contribution >= 0.6 is 24.0 Å². The number of aliphatic imine (C=N–C) groups is 1. The number of guanidine groups is 1. The molecule has 1 heterocycles. The van der Waals surface area contributed by atoms with Gasteiger partial charge in [-0.05, 0) is 38.0 Å². The fraction of sp³-hybridized carbons (Fsp3) is 0.632. The molecule has 166 valence electrons. The third-order valence-corrected chi connectivity index (χ3v) is 5.41. The number of nitrogens with one attached hydrogen (secondary N) is 2. The van der Waals surface area contributed by atoms with Crippen molar-refractivity contribution in [2.45, 2.75) is 32.9 Å². The molecular formula is C19H32FIN4O3S. The number of halogens is 2. The number of hydrogen-bond donors (Lipinski definition) is 2. The van der Waals surface area contributed by atoms with E-state index >= 15 is 0 Å². The van der Waals surface area contributed by atoms with Crippen LogP contribution in [-0.4, -0.2) is 65.3 Å². The van der Waals surface area contributed by atoms with Crippen LogP contribution < -0.4 is 15.5 Å². The highest BCUT2D eigenvalue weighted by Crippen LogP contribution is 2.22. The van der Waals surface area contributed by atoms with Crippen molar-refractivity contribution in [2.24, 2.45) is 4.99 Å². The highest BCUT2D eigenvalue weighted by Gasteiger charge is 2.15. The van der Waals surface area contributed by atoms with Crippen molar-refractivity contribution in [2.75, 3.05) is 49.8 Å². The van der Waals surface area contributed by atoms with Crippen LogP contribution in [0.25, 0.3) is 0 Å². The van der Waals surface area contributed by atoms with Gasteiger partial charge in [0.2, 0.25) is 0 Å². The lowest BCUT2D eigenvalue weighted by molar-refractivity contribution is 0.122. The van der Waals surface area contributed by atoms with E-state index in [-0.39, 0.29) is 41.6 Å². The molecule has 1 saturated heterocycles. The maximum absolute atomic E-state index is 14.5. The molecule has 1 aromatic rings. The molecule has 1 aliphatic rings. The Labute approximate surface area is 190 Å². The second kappa shape index (κ2) is 12.5. The number of sulfone groups is 1. The minimum absolute atomic E-state index is 0. The zero-order valence-corrected chi connectivity index (χ0v) is 20.4. The van der Waals surface area contributed by atoms with Gasteiger partial charge in [-0.3, -0.25) is 0 Å². The summed E-state index contributed by atoms with van der Waals surface area (Å²) in [6.45, 7) is 7.47. The van der Waals surface area contributed by atoms with Gasteiger partial charge in [0.25, 0.3) is 0 Å². The van der Waals surface area contributed by atoms with E-state index in [1.807, 2.05) is 24.8 Å². The second-order valence-corrected chi connectivity index (χ2v) is 9.30. The van der Waals surface area contributed by atoms with Gasteiger partial charge in [-0.15, -0.1) is 24.0 Å². The molecule has 0 saturated carbocycles. The Bertz CT molecular complexity index is 771. The fourth-order valence-corrected chi connectivity index (χ4v) is 3.68. The first kappa shape index (κ1) is 25.9. The average molecular weight is 542 g/mol. The highest BCUT2D eigenvalue weighted by molar-refractivity contribution is 14.0. The van der Waals surface area contributed by atoms with Gasteiger partial charge in [-0.25, -0.2) is 17.8 Å². The molecule has 2 N–H and O–H groups in total. The molecule has 0 spiro atoms. The lowest BCUT2D eigenvalue weighted by Crippen LogP contribution is -2.42. The minimum Gasteiger partial charge on any atom is -0.378 e. The number of anilines is 1. The summed E-state index contributed by atoms with van der Waals surface area (Å²) in [7, 11) is -2.99. The molecule has 1 aliphatic heterocycles. The predicted molar refractivity (Wildman–Crippen MR) is 127 cm³/mol. The van der Waals surface area contributed by atoms with Crippen LogP contribution in [-0.2, 0) is 21.1 Å². The summed E-state index contributed by atoms with van der Waals surface area (Å²) >= 11 is 0. The summed E-state index contributed by atoms with van der Waals surface area (Å²) in [6.07, 6.45) is 1.72. The van der Waals surface area contributed by atoms with E-state index in [4.69, 9.17) is 4.74 Å². The van der Waals surface area contributed by atoms with E-state index in [9.17, 15) is 12.8 Å². The van der Waals surface area contributed by atoms with E-state index < -0.39 is 9.84 Å². The number of benzene rings is 1. The maximum atomic E-state index is 14.5. The molecule has 10 heteroatoms. The summed E-state index contributed by atoms with van der Waals surface area (Å²) in [6, 6.07) is 5.15. The molecule has 1 atom stereocenters.